The molecule has 2 heterocycles. The molecule has 3 aliphatic rings. The number of hydrogen-bond acceptors (Lipinski definition) is 3. The zero-order chi connectivity index (χ0) is 11.0. The minimum Gasteiger partial charge on any atom is -0.325 e. The lowest BCUT2D eigenvalue weighted by Crippen LogP contribution is -2.46. The molecule has 0 aromatic rings. The van der Waals surface area contributed by atoms with Crippen LogP contribution in [-0.4, -0.2) is 40.6 Å². The van der Waals surface area contributed by atoms with Crippen molar-refractivity contribution in [3.63, 3.8) is 0 Å². The van der Waals surface area contributed by atoms with Crippen LogP contribution in [0.5, 0.6) is 0 Å². The van der Waals surface area contributed by atoms with Crippen LogP contribution in [0, 0.1) is 0 Å². The molecule has 3 fully saturated rings. The number of thioether (sulfide) groups is 1. The van der Waals surface area contributed by atoms with Gasteiger partial charge in [0, 0.05) is 6.04 Å². The molecule has 0 unspecified atom stereocenters. The van der Waals surface area contributed by atoms with Gasteiger partial charge in [-0.3, -0.25) is 10.1 Å². The van der Waals surface area contributed by atoms with E-state index in [2.05, 4.69) is 10.2 Å². The summed E-state index contributed by atoms with van der Waals surface area (Å²) < 4.78 is 0. The van der Waals surface area contributed by atoms with E-state index in [1.165, 1.54) is 37.2 Å². The van der Waals surface area contributed by atoms with E-state index in [1.54, 1.807) is 0 Å². The van der Waals surface area contributed by atoms with Crippen LogP contribution in [-0.2, 0) is 4.79 Å². The predicted octanol–water partition coefficient (Wildman–Crippen LogP) is 1.58. The molecule has 3 rings (SSSR count). The number of carbonyl (C=O) groups is 1. The van der Waals surface area contributed by atoms with Gasteiger partial charge in [-0.15, -0.1) is 0 Å². The van der Waals surface area contributed by atoms with Crippen molar-refractivity contribution in [3.8, 4) is 0 Å². The SMILES string of the molecule is O=C1N(C2CCSCC2)CNC12CCCC2. The van der Waals surface area contributed by atoms with E-state index < -0.39 is 0 Å². The van der Waals surface area contributed by atoms with E-state index in [1.807, 2.05) is 11.8 Å². The van der Waals surface area contributed by atoms with E-state index >= 15 is 0 Å². The van der Waals surface area contributed by atoms with Crippen LogP contribution in [0.4, 0.5) is 0 Å². The van der Waals surface area contributed by atoms with Gasteiger partial charge in [0.1, 0.15) is 0 Å². The average molecular weight is 240 g/mol. The van der Waals surface area contributed by atoms with Crippen LogP contribution in [0.1, 0.15) is 38.5 Å². The van der Waals surface area contributed by atoms with E-state index in [4.69, 9.17) is 0 Å². The molecule has 0 aromatic heterocycles. The molecule has 0 radical (unpaired) electrons. The maximum absolute atomic E-state index is 12.5. The third-order valence-corrected chi connectivity index (χ3v) is 5.40. The van der Waals surface area contributed by atoms with Crippen molar-refractivity contribution in [1.29, 1.82) is 0 Å². The Hall–Kier alpha value is -0.220. The number of rotatable bonds is 1. The second-order valence-corrected chi connectivity index (χ2v) is 6.47. The Morgan fingerprint density at radius 2 is 1.94 bits per heavy atom. The summed E-state index contributed by atoms with van der Waals surface area (Å²) >= 11 is 2.02. The molecule has 1 saturated carbocycles. The highest BCUT2D eigenvalue weighted by atomic mass is 32.2. The summed E-state index contributed by atoms with van der Waals surface area (Å²) in [6.45, 7) is 0.800. The fourth-order valence-corrected chi connectivity index (χ4v) is 4.40. The minimum absolute atomic E-state index is 0.148. The highest BCUT2D eigenvalue weighted by Gasteiger charge is 2.49. The van der Waals surface area contributed by atoms with Gasteiger partial charge < -0.3 is 4.90 Å². The molecule has 0 bridgehead atoms. The Labute approximate surface area is 101 Å². The van der Waals surface area contributed by atoms with Crippen LogP contribution in [0.15, 0.2) is 0 Å². The third-order valence-electron chi connectivity index (χ3n) is 4.35. The summed E-state index contributed by atoms with van der Waals surface area (Å²) in [5.74, 6) is 2.85. The second kappa shape index (κ2) is 4.22. The molecule has 1 amide bonds. The second-order valence-electron chi connectivity index (χ2n) is 5.24. The van der Waals surface area contributed by atoms with Gasteiger partial charge in [0.25, 0.3) is 0 Å². The highest BCUT2D eigenvalue weighted by Crippen LogP contribution is 2.36. The van der Waals surface area contributed by atoms with E-state index in [0.29, 0.717) is 11.9 Å². The minimum atomic E-state index is -0.148. The molecule has 4 heteroatoms. The maximum atomic E-state index is 12.5. The number of nitrogens with zero attached hydrogens (tertiary/aromatic N) is 1. The quantitative estimate of drug-likeness (QED) is 0.755. The summed E-state index contributed by atoms with van der Waals surface area (Å²) in [5, 5.41) is 3.50. The van der Waals surface area contributed by atoms with Gasteiger partial charge in [0.15, 0.2) is 0 Å². The largest absolute Gasteiger partial charge is 0.325 e. The normalized spacial score (nSPS) is 30.5. The molecule has 16 heavy (non-hydrogen) atoms. The molecule has 1 N–H and O–H groups in total. The molecule has 3 nitrogen and oxygen atoms in total. The monoisotopic (exact) mass is 240 g/mol. The van der Waals surface area contributed by atoms with Crippen LogP contribution in [0.3, 0.4) is 0 Å². The first-order valence-electron chi connectivity index (χ1n) is 6.46. The fraction of sp³-hybridized carbons (Fsp3) is 0.917. The van der Waals surface area contributed by atoms with Gasteiger partial charge in [0.05, 0.1) is 12.2 Å². The molecule has 1 aliphatic carbocycles. The number of hydrogen-bond donors (Lipinski definition) is 1. The molecule has 0 aromatic carbocycles. The molecule has 90 valence electrons. The Morgan fingerprint density at radius 3 is 2.62 bits per heavy atom. The van der Waals surface area contributed by atoms with Crippen molar-refractivity contribution < 1.29 is 4.79 Å². The Bertz CT molecular complexity index is 283. The van der Waals surface area contributed by atoms with Crippen molar-refractivity contribution >= 4 is 17.7 Å². The van der Waals surface area contributed by atoms with Crippen LogP contribution >= 0.6 is 11.8 Å². The van der Waals surface area contributed by atoms with E-state index in [-0.39, 0.29) is 5.54 Å². The van der Waals surface area contributed by atoms with Gasteiger partial charge in [-0.05, 0) is 37.2 Å². The number of nitrogens with one attached hydrogen (secondary N) is 1. The van der Waals surface area contributed by atoms with Crippen molar-refractivity contribution in [2.75, 3.05) is 18.2 Å². The molecule has 2 saturated heterocycles. The maximum Gasteiger partial charge on any atom is 0.244 e. The summed E-state index contributed by atoms with van der Waals surface area (Å²) in [5.41, 5.74) is -0.148. The number of carbonyl (C=O) groups excluding carboxylic acids is 1. The van der Waals surface area contributed by atoms with Crippen LogP contribution in [0.25, 0.3) is 0 Å². The Kier molecular flexibility index (Phi) is 2.88. The predicted molar refractivity (Wildman–Crippen MR) is 66.4 cm³/mol. The van der Waals surface area contributed by atoms with Gasteiger partial charge >= 0.3 is 0 Å². The smallest absolute Gasteiger partial charge is 0.244 e. The van der Waals surface area contributed by atoms with Crippen molar-refractivity contribution in [2.45, 2.75) is 50.1 Å². The summed E-state index contributed by atoms with van der Waals surface area (Å²) in [7, 11) is 0. The highest BCUT2D eigenvalue weighted by molar-refractivity contribution is 7.99. The first-order valence-corrected chi connectivity index (χ1v) is 7.61. The zero-order valence-corrected chi connectivity index (χ0v) is 10.5. The Morgan fingerprint density at radius 1 is 1.25 bits per heavy atom. The third kappa shape index (κ3) is 1.66. The molecular weight excluding hydrogens is 220 g/mol. The van der Waals surface area contributed by atoms with E-state index in [9.17, 15) is 4.79 Å². The topological polar surface area (TPSA) is 32.3 Å². The van der Waals surface area contributed by atoms with Crippen molar-refractivity contribution in [2.24, 2.45) is 0 Å². The number of amides is 1. The summed E-state index contributed by atoms with van der Waals surface area (Å²) in [6.07, 6.45) is 6.93. The molecule has 2 aliphatic heterocycles. The first kappa shape index (κ1) is 10.9. The van der Waals surface area contributed by atoms with Crippen molar-refractivity contribution in [1.82, 2.24) is 10.2 Å². The lowest BCUT2D eigenvalue weighted by atomic mass is 9.97. The standard InChI is InChI=1S/C12H20N2OS/c15-11-12(5-1-2-6-12)13-9-14(11)10-3-7-16-8-4-10/h10,13H,1-9H2. The lowest BCUT2D eigenvalue weighted by Gasteiger charge is -2.31. The summed E-state index contributed by atoms with van der Waals surface area (Å²) in [6, 6.07) is 0.515. The van der Waals surface area contributed by atoms with Gasteiger partial charge in [-0.25, -0.2) is 0 Å². The van der Waals surface area contributed by atoms with Gasteiger partial charge in [-0.1, -0.05) is 12.8 Å². The Balaban J connectivity index is 1.71. The zero-order valence-electron chi connectivity index (χ0n) is 9.71. The molecule has 1 spiro atoms. The molecular formula is C12H20N2OS. The lowest BCUT2D eigenvalue weighted by molar-refractivity contribution is -0.134. The van der Waals surface area contributed by atoms with Gasteiger partial charge in [0.2, 0.25) is 5.91 Å². The van der Waals surface area contributed by atoms with Gasteiger partial charge in [-0.2, -0.15) is 11.8 Å². The first-order chi connectivity index (χ1) is 7.82. The van der Waals surface area contributed by atoms with Crippen molar-refractivity contribution in [3.05, 3.63) is 0 Å². The average Bonchev–Trinajstić information content (AvgIpc) is 2.91. The fourth-order valence-electron chi connectivity index (χ4n) is 3.32. The van der Waals surface area contributed by atoms with E-state index in [0.717, 1.165) is 19.5 Å². The summed E-state index contributed by atoms with van der Waals surface area (Å²) in [4.78, 5) is 14.6. The van der Waals surface area contributed by atoms with Crippen LogP contribution < -0.4 is 5.32 Å². The van der Waals surface area contributed by atoms with Crippen LogP contribution in [0.2, 0.25) is 0 Å². The molecule has 0 atom stereocenters.